The van der Waals surface area contributed by atoms with Gasteiger partial charge >= 0.3 is 8.25 Å². The second-order valence-corrected chi connectivity index (χ2v) is 10.8. The summed E-state index contributed by atoms with van der Waals surface area (Å²) in [5, 5.41) is 11.0. The minimum atomic E-state index is -3.36. The fraction of sp³-hybridized carbons (Fsp3) is 0.400. The van der Waals surface area contributed by atoms with Gasteiger partial charge in [-0.1, -0.05) is 0 Å². The lowest BCUT2D eigenvalue weighted by atomic mass is 10.1. The van der Waals surface area contributed by atoms with Crippen molar-refractivity contribution >= 4 is 56.9 Å². The zero-order chi connectivity index (χ0) is 28.1. The number of H-pyrrole nitrogens is 1. The van der Waals surface area contributed by atoms with E-state index >= 15 is 4.39 Å². The van der Waals surface area contributed by atoms with Crippen LogP contribution in [0.4, 0.5) is 16.2 Å². The molecule has 40 heavy (non-hydrogen) atoms. The van der Waals surface area contributed by atoms with E-state index in [4.69, 9.17) is 29.8 Å². The first kappa shape index (κ1) is 26.8. The van der Waals surface area contributed by atoms with Gasteiger partial charge in [-0.05, 0) is 12.5 Å². The lowest BCUT2D eigenvalue weighted by Crippen LogP contribution is -2.30. The molecule has 6 N–H and O–H groups in total. The van der Waals surface area contributed by atoms with Gasteiger partial charge in [0.15, 0.2) is 46.8 Å². The average Bonchev–Trinajstić information content (AvgIpc) is 3.62. The Morgan fingerprint density at radius 2 is 2.02 bits per heavy atom. The quantitative estimate of drug-likeness (QED) is 0.228. The molecule has 0 aliphatic carbocycles. The Balaban J connectivity index is 1.32. The van der Waals surface area contributed by atoms with Crippen molar-refractivity contribution in [2.45, 2.75) is 37.8 Å². The summed E-state index contributed by atoms with van der Waals surface area (Å²) in [5.41, 5.74) is 12.7. The summed E-state index contributed by atoms with van der Waals surface area (Å²) in [6.07, 6.45) is -3.20. The summed E-state index contributed by atoms with van der Waals surface area (Å²) in [7, 11) is -3.74. The Hall–Kier alpha value is -3.37. The molecule has 0 saturated carbocycles. The van der Waals surface area contributed by atoms with Crippen molar-refractivity contribution in [3.05, 3.63) is 34.9 Å². The van der Waals surface area contributed by atoms with Crippen LogP contribution in [-0.4, -0.2) is 81.6 Å². The first-order valence-electron chi connectivity index (χ1n) is 11.8. The molecule has 0 amide bonds. The van der Waals surface area contributed by atoms with Gasteiger partial charge in [-0.2, -0.15) is 4.98 Å². The number of hydrogen-bond acceptors (Lipinski definition) is 14. The van der Waals surface area contributed by atoms with E-state index in [0.29, 0.717) is 22.4 Å². The molecule has 20 heteroatoms. The molecule has 17 nitrogen and oxygen atoms in total. The van der Waals surface area contributed by atoms with Gasteiger partial charge in [-0.3, -0.25) is 28.0 Å². The number of nitrogens with two attached hydrogens (primary N) is 2. The maximum Gasteiger partial charge on any atom is 0.319 e. The lowest BCUT2D eigenvalue weighted by molar-refractivity contribution is -0.109. The Kier molecular flexibility index (Phi) is 7.08. The van der Waals surface area contributed by atoms with Gasteiger partial charge in [0.25, 0.3) is 5.56 Å². The molecule has 7 atom stereocenters. The SMILES string of the molecule is C/C(=C1\CPOC2O[C@@H](n3cnc4c(=O)[nH]c(N)nc43)[C@H](O[PH](=O)OC[C@H]1O)[C@@H]2F)n1cnc2c(N)ncnc21. The number of allylic oxidation sites excluding steroid dienone is 1. The number of imidazole rings is 2. The third-order valence-corrected chi connectivity index (χ3v) is 8.29. The lowest BCUT2D eigenvalue weighted by Gasteiger charge is -2.23. The van der Waals surface area contributed by atoms with Crippen molar-refractivity contribution in [1.29, 1.82) is 0 Å². The molecule has 2 aliphatic rings. The fourth-order valence-electron chi connectivity index (χ4n) is 4.51. The second-order valence-electron chi connectivity index (χ2n) is 8.87. The second kappa shape index (κ2) is 10.6. The fourth-order valence-corrected chi connectivity index (χ4v) is 6.42. The van der Waals surface area contributed by atoms with Crippen molar-refractivity contribution in [2.75, 3.05) is 24.2 Å². The molecule has 2 saturated heterocycles. The smallest absolute Gasteiger partial charge is 0.319 e. The van der Waals surface area contributed by atoms with E-state index in [1.807, 2.05) is 0 Å². The van der Waals surface area contributed by atoms with Crippen LogP contribution in [0.5, 0.6) is 0 Å². The van der Waals surface area contributed by atoms with Crippen molar-refractivity contribution in [1.82, 2.24) is 39.0 Å². The summed E-state index contributed by atoms with van der Waals surface area (Å²) in [5.74, 6) is 0.00168. The summed E-state index contributed by atoms with van der Waals surface area (Å²) in [4.78, 5) is 35.0. The Morgan fingerprint density at radius 3 is 2.85 bits per heavy atom. The van der Waals surface area contributed by atoms with Gasteiger partial charge in [-0.25, -0.2) is 24.3 Å². The molecule has 3 unspecified atom stereocenters. The third-order valence-electron chi connectivity index (χ3n) is 6.50. The van der Waals surface area contributed by atoms with E-state index in [0.717, 1.165) is 0 Å². The Labute approximate surface area is 225 Å². The number of aliphatic hydroxyl groups is 1. The highest BCUT2D eigenvalue weighted by molar-refractivity contribution is 7.33. The molecule has 2 bridgehead atoms. The molecular formula is C20H23FN10O7P2. The van der Waals surface area contributed by atoms with Crippen LogP contribution < -0.4 is 17.0 Å². The van der Waals surface area contributed by atoms with Gasteiger partial charge in [0.1, 0.15) is 24.9 Å². The number of fused-ring (bicyclic) bond motifs is 4. The predicted molar refractivity (Wildman–Crippen MR) is 140 cm³/mol. The molecule has 0 spiro atoms. The largest absolute Gasteiger partial charge is 0.386 e. The van der Waals surface area contributed by atoms with Crippen LogP contribution in [0.1, 0.15) is 13.2 Å². The first-order chi connectivity index (χ1) is 19.2. The number of nitrogen functional groups attached to an aromatic ring is 2. The number of alkyl halides is 1. The average molecular weight is 596 g/mol. The van der Waals surface area contributed by atoms with Crippen molar-refractivity contribution in [3.8, 4) is 0 Å². The van der Waals surface area contributed by atoms with Gasteiger partial charge in [0, 0.05) is 20.7 Å². The van der Waals surface area contributed by atoms with Gasteiger partial charge in [-0.15, -0.1) is 0 Å². The van der Waals surface area contributed by atoms with Gasteiger partial charge < -0.3 is 30.4 Å². The van der Waals surface area contributed by atoms with Gasteiger partial charge in [0.2, 0.25) is 5.95 Å². The predicted octanol–water partition coefficient (Wildman–Crippen LogP) is 0.324. The molecular weight excluding hydrogens is 573 g/mol. The first-order valence-corrected chi connectivity index (χ1v) is 14.1. The number of halogens is 1. The molecule has 4 aromatic rings. The molecule has 0 aromatic carbocycles. The molecule has 2 fully saturated rings. The zero-order valence-corrected chi connectivity index (χ0v) is 22.6. The minimum Gasteiger partial charge on any atom is -0.386 e. The van der Waals surface area contributed by atoms with Crippen molar-refractivity contribution < 1.29 is 32.4 Å². The summed E-state index contributed by atoms with van der Waals surface area (Å²) < 4.78 is 53.5. The van der Waals surface area contributed by atoms with E-state index in [9.17, 15) is 14.5 Å². The number of nitrogens with zero attached hydrogens (tertiary/aromatic N) is 7. The number of aromatic nitrogens is 8. The van der Waals surface area contributed by atoms with E-state index in [1.54, 1.807) is 11.5 Å². The highest BCUT2D eigenvalue weighted by atomic mass is 31.1. The molecule has 0 radical (unpaired) electrons. The maximum absolute atomic E-state index is 15.6. The topological polar surface area (TPSA) is 233 Å². The highest BCUT2D eigenvalue weighted by Gasteiger charge is 2.49. The molecule has 6 rings (SSSR count). The van der Waals surface area contributed by atoms with Crippen LogP contribution in [0.3, 0.4) is 0 Å². The van der Waals surface area contributed by atoms with E-state index in [1.165, 1.54) is 23.5 Å². The normalized spacial score (nSPS) is 30.0. The number of nitrogens with one attached hydrogen (secondary N) is 1. The highest BCUT2D eigenvalue weighted by Crippen LogP contribution is 2.44. The number of rotatable bonds is 2. The van der Waals surface area contributed by atoms with Crippen LogP contribution in [0, 0.1) is 0 Å². The van der Waals surface area contributed by atoms with Gasteiger partial charge in [0.05, 0.1) is 12.9 Å². The number of hydrogen-bond donors (Lipinski definition) is 4. The summed E-state index contributed by atoms with van der Waals surface area (Å²) >= 11 is 0. The number of aliphatic hydroxyl groups excluding tert-OH is 1. The monoisotopic (exact) mass is 596 g/mol. The van der Waals surface area contributed by atoms with Crippen LogP contribution in [0.15, 0.2) is 29.3 Å². The van der Waals surface area contributed by atoms with E-state index in [2.05, 4.69) is 29.9 Å². The summed E-state index contributed by atoms with van der Waals surface area (Å²) in [6, 6.07) is 0. The van der Waals surface area contributed by atoms with E-state index < -0.39 is 51.3 Å². The van der Waals surface area contributed by atoms with E-state index in [-0.39, 0.29) is 37.9 Å². The van der Waals surface area contributed by atoms with Crippen molar-refractivity contribution in [2.24, 2.45) is 0 Å². The minimum absolute atomic E-state index is 0.00771. The molecule has 6 heterocycles. The van der Waals surface area contributed by atoms with Crippen LogP contribution in [0.2, 0.25) is 0 Å². The zero-order valence-electron chi connectivity index (χ0n) is 20.6. The number of ether oxygens (including phenoxy) is 1. The number of anilines is 2. The molecule has 212 valence electrons. The van der Waals surface area contributed by atoms with Crippen molar-refractivity contribution in [3.63, 3.8) is 0 Å². The molecule has 2 aliphatic heterocycles. The Morgan fingerprint density at radius 1 is 1.23 bits per heavy atom. The van der Waals surface area contributed by atoms with Crippen LogP contribution in [0.25, 0.3) is 28.0 Å². The Bertz CT molecular complexity index is 1710. The summed E-state index contributed by atoms with van der Waals surface area (Å²) in [6.45, 7) is 1.30. The third kappa shape index (κ3) is 4.66. The molecule has 4 aromatic heterocycles. The van der Waals surface area contributed by atoms with Crippen LogP contribution in [-0.2, 0) is 22.9 Å². The number of aromatic amines is 1. The maximum atomic E-state index is 15.6. The van der Waals surface area contributed by atoms with Crippen LogP contribution >= 0.6 is 17.1 Å². The standard InChI is InChI=1S/C20H23FN10O7P2/c1-7(30-5-26-11-14(22)24-4-25-15(11)30)8-3-39-37-19-10(21)13(38-40(34)35-2-9(8)32)18(36-19)31-6-27-12-16(31)28-20(23)29-17(12)33/h4-6,9-10,13,18-19,32,39-40H,2-3H2,1H3,(H2,22,24,25)(H3,23,28,29,33)/b8-7-/t9-,10+,13-,18-,19?/m1/s1.